The van der Waals surface area contributed by atoms with E-state index in [0.29, 0.717) is 19.2 Å². The molecule has 2 rings (SSSR count). The Morgan fingerprint density at radius 3 is 2.38 bits per heavy atom. The van der Waals surface area contributed by atoms with Gasteiger partial charge in [0.25, 0.3) is 0 Å². The molecule has 1 atom stereocenters. The first-order chi connectivity index (χ1) is 9.95. The Labute approximate surface area is 128 Å². The highest BCUT2D eigenvalue weighted by atomic mass is 16.5. The predicted octanol–water partition coefficient (Wildman–Crippen LogP) is 3.26. The van der Waals surface area contributed by atoms with Crippen LogP contribution in [0.2, 0.25) is 0 Å². The van der Waals surface area contributed by atoms with E-state index >= 15 is 0 Å². The van der Waals surface area contributed by atoms with Gasteiger partial charge in [-0.15, -0.1) is 0 Å². The Balaban J connectivity index is 1.71. The maximum absolute atomic E-state index is 9.97. The molecule has 3 heteroatoms. The number of benzene rings is 1. The monoisotopic (exact) mass is 291 g/mol. The van der Waals surface area contributed by atoms with Gasteiger partial charge in [-0.25, -0.2) is 0 Å². The average molecular weight is 291 g/mol. The summed E-state index contributed by atoms with van der Waals surface area (Å²) in [5, 5.41) is 13.4. The molecule has 0 aliphatic heterocycles. The van der Waals surface area contributed by atoms with Crippen LogP contribution in [0.25, 0.3) is 0 Å². The molecule has 1 aliphatic carbocycles. The summed E-state index contributed by atoms with van der Waals surface area (Å²) in [4.78, 5) is 0. The Hall–Kier alpha value is -1.06. The van der Waals surface area contributed by atoms with Gasteiger partial charge in [0, 0.05) is 12.6 Å². The lowest BCUT2D eigenvalue weighted by molar-refractivity contribution is 0.104. The van der Waals surface area contributed by atoms with Crippen molar-refractivity contribution in [3.8, 4) is 5.75 Å². The predicted molar refractivity (Wildman–Crippen MR) is 86.9 cm³/mol. The highest BCUT2D eigenvalue weighted by molar-refractivity contribution is 5.31. The van der Waals surface area contributed by atoms with Crippen LogP contribution >= 0.6 is 0 Å². The normalized spacial score (nSPS) is 17.9. The molecule has 0 unspecified atom stereocenters. The van der Waals surface area contributed by atoms with Crippen LogP contribution < -0.4 is 10.1 Å². The van der Waals surface area contributed by atoms with Crippen molar-refractivity contribution in [2.75, 3.05) is 13.2 Å². The minimum atomic E-state index is -0.451. The van der Waals surface area contributed by atoms with Gasteiger partial charge in [-0.3, -0.25) is 0 Å². The Morgan fingerprint density at radius 2 is 1.81 bits per heavy atom. The highest BCUT2D eigenvalue weighted by Gasteiger charge is 2.16. The van der Waals surface area contributed by atoms with Crippen LogP contribution in [-0.4, -0.2) is 30.4 Å². The van der Waals surface area contributed by atoms with Crippen molar-refractivity contribution in [1.29, 1.82) is 0 Å². The number of nitrogens with one attached hydrogen (secondary N) is 1. The van der Waals surface area contributed by atoms with Crippen LogP contribution in [0.15, 0.2) is 24.3 Å². The molecule has 1 fully saturated rings. The summed E-state index contributed by atoms with van der Waals surface area (Å²) in [6, 6.07) is 8.75. The van der Waals surface area contributed by atoms with Gasteiger partial charge in [0.1, 0.15) is 18.5 Å². The molecule has 1 aromatic rings. The summed E-state index contributed by atoms with van der Waals surface area (Å²) in [7, 11) is 0. The van der Waals surface area contributed by atoms with Crippen LogP contribution in [-0.2, 0) is 5.41 Å². The summed E-state index contributed by atoms with van der Waals surface area (Å²) in [5.74, 6) is 0.822. The molecule has 0 saturated heterocycles. The van der Waals surface area contributed by atoms with Gasteiger partial charge in [0.15, 0.2) is 0 Å². The molecular weight excluding hydrogens is 262 g/mol. The topological polar surface area (TPSA) is 41.5 Å². The third-order valence-corrected chi connectivity index (χ3v) is 4.16. The van der Waals surface area contributed by atoms with Crippen molar-refractivity contribution >= 4 is 0 Å². The molecule has 1 saturated carbocycles. The van der Waals surface area contributed by atoms with Crippen LogP contribution in [0.3, 0.4) is 0 Å². The fraction of sp³-hybridized carbons (Fsp3) is 0.667. The Morgan fingerprint density at radius 1 is 1.19 bits per heavy atom. The average Bonchev–Trinajstić information content (AvgIpc) is 2.95. The van der Waals surface area contributed by atoms with Crippen LogP contribution in [0.5, 0.6) is 5.75 Å². The molecule has 0 spiro atoms. The zero-order chi connectivity index (χ0) is 15.3. The second-order valence-corrected chi connectivity index (χ2v) is 7.13. The van der Waals surface area contributed by atoms with Gasteiger partial charge in [-0.1, -0.05) is 45.7 Å². The fourth-order valence-corrected chi connectivity index (χ4v) is 2.74. The first-order valence-corrected chi connectivity index (χ1v) is 8.10. The third kappa shape index (κ3) is 5.33. The molecule has 0 heterocycles. The van der Waals surface area contributed by atoms with E-state index in [1.807, 2.05) is 12.1 Å². The van der Waals surface area contributed by atoms with E-state index in [1.54, 1.807) is 0 Å². The molecule has 0 aromatic heterocycles. The lowest BCUT2D eigenvalue weighted by atomic mass is 9.87. The van der Waals surface area contributed by atoms with E-state index in [2.05, 4.69) is 38.2 Å². The molecule has 0 amide bonds. The maximum Gasteiger partial charge on any atom is 0.119 e. The zero-order valence-electron chi connectivity index (χ0n) is 13.6. The second kappa shape index (κ2) is 7.28. The zero-order valence-corrected chi connectivity index (χ0v) is 13.6. The van der Waals surface area contributed by atoms with Crippen molar-refractivity contribution in [1.82, 2.24) is 5.32 Å². The maximum atomic E-state index is 9.97. The Kier molecular flexibility index (Phi) is 5.65. The summed E-state index contributed by atoms with van der Waals surface area (Å²) >= 11 is 0. The summed E-state index contributed by atoms with van der Waals surface area (Å²) < 4.78 is 5.66. The van der Waals surface area contributed by atoms with Crippen LogP contribution in [0, 0.1) is 0 Å². The van der Waals surface area contributed by atoms with E-state index in [1.165, 1.54) is 31.2 Å². The standard InChI is InChI=1S/C18H29NO2/c1-18(2,3)14-8-10-17(11-9-14)21-13-16(20)12-19-15-6-4-5-7-15/h8-11,15-16,19-20H,4-7,12-13H2,1-3H3/t16-/m0/s1. The molecule has 2 N–H and O–H groups in total. The van der Waals surface area contributed by atoms with Crippen molar-refractivity contribution in [3.05, 3.63) is 29.8 Å². The Bertz CT molecular complexity index is 416. The van der Waals surface area contributed by atoms with Crippen LogP contribution in [0.4, 0.5) is 0 Å². The van der Waals surface area contributed by atoms with Gasteiger partial charge < -0.3 is 15.2 Å². The minimum Gasteiger partial charge on any atom is -0.491 e. The van der Waals surface area contributed by atoms with Gasteiger partial charge in [0.2, 0.25) is 0 Å². The number of hydrogen-bond acceptors (Lipinski definition) is 3. The van der Waals surface area contributed by atoms with Gasteiger partial charge in [0.05, 0.1) is 0 Å². The molecule has 0 radical (unpaired) electrons. The first kappa shape index (κ1) is 16.3. The quantitative estimate of drug-likeness (QED) is 0.845. The summed E-state index contributed by atoms with van der Waals surface area (Å²) in [6.45, 7) is 7.54. The van der Waals surface area contributed by atoms with Gasteiger partial charge in [-0.05, 0) is 36.0 Å². The number of ether oxygens (including phenoxy) is 1. The molecule has 1 aromatic carbocycles. The van der Waals surface area contributed by atoms with Crippen molar-refractivity contribution in [2.24, 2.45) is 0 Å². The van der Waals surface area contributed by atoms with Gasteiger partial charge in [-0.2, -0.15) is 0 Å². The number of rotatable bonds is 6. The fourth-order valence-electron chi connectivity index (χ4n) is 2.74. The lowest BCUT2D eigenvalue weighted by Gasteiger charge is -2.20. The van der Waals surface area contributed by atoms with E-state index in [-0.39, 0.29) is 5.41 Å². The van der Waals surface area contributed by atoms with Crippen molar-refractivity contribution in [2.45, 2.75) is 64.0 Å². The lowest BCUT2D eigenvalue weighted by Crippen LogP contribution is -2.36. The first-order valence-electron chi connectivity index (χ1n) is 8.10. The molecule has 1 aliphatic rings. The molecular formula is C18H29NO2. The van der Waals surface area contributed by atoms with E-state index in [4.69, 9.17) is 4.74 Å². The van der Waals surface area contributed by atoms with Crippen molar-refractivity contribution < 1.29 is 9.84 Å². The third-order valence-electron chi connectivity index (χ3n) is 4.16. The molecule has 0 bridgehead atoms. The largest absolute Gasteiger partial charge is 0.491 e. The number of aliphatic hydroxyl groups excluding tert-OH is 1. The van der Waals surface area contributed by atoms with E-state index < -0.39 is 6.10 Å². The molecule has 21 heavy (non-hydrogen) atoms. The molecule has 118 valence electrons. The second-order valence-electron chi connectivity index (χ2n) is 7.13. The number of hydrogen-bond donors (Lipinski definition) is 2. The molecule has 3 nitrogen and oxygen atoms in total. The summed E-state index contributed by atoms with van der Waals surface area (Å²) in [6.07, 6.45) is 4.64. The van der Waals surface area contributed by atoms with E-state index in [0.717, 1.165) is 5.75 Å². The smallest absolute Gasteiger partial charge is 0.119 e. The van der Waals surface area contributed by atoms with Gasteiger partial charge >= 0.3 is 0 Å². The SMILES string of the molecule is CC(C)(C)c1ccc(OC[C@@H](O)CNC2CCCC2)cc1. The summed E-state index contributed by atoms with van der Waals surface area (Å²) in [5.41, 5.74) is 1.45. The van der Waals surface area contributed by atoms with Crippen LogP contribution in [0.1, 0.15) is 52.0 Å². The van der Waals surface area contributed by atoms with E-state index in [9.17, 15) is 5.11 Å². The minimum absolute atomic E-state index is 0.156. The number of aliphatic hydroxyl groups is 1. The highest BCUT2D eigenvalue weighted by Crippen LogP contribution is 2.24. The van der Waals surface area contributed by atoms with Crippen molar-refractivity contribution in [3.63, 3.8) is 0 Å².